The summed E-state index contributed by atoms with van der Waals surface area (Å²) in [5.74, 6) is 1.32. The Balaban J connectivity index is 1.10. The lowest BCUT2D eigenvalue weighted by atomic mass is 9.33. The zero-order chi connectivity index (χ0) is 37.8. The van der Waals surface area contributed by atoms with Crippen LogP contribution in [0.1, 0.15) is 216 Å². The molecule has 0 aromatic heterocycles. The average molecular weight is 725 g/mol. The number of unbranched alkanes of at least 4 members (excludes halogenated alkanes) is 14. The van der Waals surface area contributed by atoms with Crippen LogP contribution in [-0.2, 0) is 9.53 Å². The molecule has 4 nitrogen and oxygen atoms in total. The molecule has 5 aliphatic rings. The first-order chi connectivity index (χ1) is 24.6. The third-order valence-corrected chi connectivity index (χ3v) is 17.4. The topological polar surface area (TPSA) is 66.8 Å². The van der Waals surface area contributed by atoms with Crippen LogP contribution in [0.5, 0.6) is 0 Å². The van der Waals surface area contributed by atoms with Gasteiger partial charge in [0, 0.05) is 17.3 Å². The highest BCUT2D eigenvalue weighted by Crippen LogP contribution is 2.75. The zero-order valence-corrected chi connectivity index (χ0v) is 35.6. The fourth-order valence-electron chi connectivity index (χ4n) is 13.8. The number of aliphatic hydroxyl groups excluding tert-OH is 2. The summed E-state index contributed by atoms with van der Waals surface area (Å²) >= 11 is 0. The predicted molar refractivity (Wildman–Crippen MR) is 217 cm³/mol. The van der Waals surface area contributed by atoms with E-state index in [9.17, 15) is 15.0 Å². The highest BCUT2D eigenvalue weighted by Gasteiger charge is 2.70. The van der Waals surface area contributed by atoms with Crippen molar-refractivity contribution in [1.29, 1.82) is 0 Å². The molecule has 52 heavy (non-hydrogen) atoms. The molecule has 0 saturated heterocycles. The molecule has 0 bridgehead atoms. The van der Waals surface area contributed by atoms with E-state index in [1.54, 1.807) is 5.57 Å². The maximum absolute atomic E-state index is 13.2. The molecule has 4 fully saturated rings. The number of hydrogen-bond donors (Lipinski definition) is 2. The smallest absolute Gasteiger partial charge is 0.306 e. The summed E-state index contributed by atoms with van der Waals surface area (Å²) in [7, 11) is 0. The van der Waals surface area contributed by atoms with E-state index in [2.05, 4.69) is 61.5 Å². The largest absolute Gasteiger partial charge is 0.462 e. The van der Waals surface area contributed by atoms with Crippen LogP contribution in [-0.4, -0.2) is 35.0 Å². The summed E-state index contributed by atoms with van der Waals surface area (Å²) in [6.07, 6.45) is 32.1. The van der Waals surface area contributed by atoms with Crippen LogP contribution in [0.2, 0.25) is 0 Å². The van der Waals surface area contributed by atoms with Crippen molar-refractivity contribution in [1.82, 2.24) is 0 Å². The maximum atomic E-state index is 13.2. The average Bonchev–Trinajstić information content (AvgIpc) is 3.08. The van der Waals surface area contributed by atoms with E-state index in [0.717, 1.165) is 70.6 Å². The van der Waals surface area contributed by atoms with Crippen molar-refractivity contribution in [2.75, 3.05) is 6.61 Å². The van der Waals surface area contributed by atoms with E-state index in [1.165, 1.54) is 83.5 Å². The fraction of sp³-hybridized carbons (Fsp3) is 0.938. The van der Waals surface area contributed by atoms with E-state index < -0.39 is 6.10 Å². The van der Waals surface area contributed by atoms with Gasteiger partial charge in [-0.3, -0.25) is 4.79 Å². The van der Waals surface area contributed by atoms with E-state index >= 15 is 0 Å². The molecule has 0 heterocycles. The highest BCUT2D eigenvalue weighted by molar-refractivity contribution is 5.69. The van der Waals surface area contributed by atoms with Crippen molar-refractivity contribution in [2.24, 2.45) is 50.2 Å². The number of ether oxygens (including phenoxy) is 1. The first-order valence-corrected chi connectivity index (χ1v) is 22.8. The van der Waals surface area contributed by atoms with E-state index in [0.29, 0.717) is 18.3 Å². The van der Waals surface area contributed by atoms with E-state index in [-0.39, 0.29) is 57.1 Å². The van der Waals surface area contributed by atoms with E-state index in [4.69, 9.17) is 4.74 Å². The van der Waals surface area contributed by atoms with Crippen LogP contribution in [0.3, 0.4) is 0 Å². The van der Waals surface area contributed by atoms with Crippen molar-refractivity contribution >= 4 is 5.97 Å². The van der Waals surface area contributed by atoms with Crippen molar-refractivity contribution in [3.63, 3.8) is 0 Å². The number of rotatable bonds is 18. The quantitative estimate of drug-likeness (QED) is 0.0839. The zero-order valence-electron chi connectivity index (χ0n) is 35.6. The minimum Gasteiger partial charge on any atom is -0.462 e. The molecule has 0 aliphatic heterocycles. The second-order valence-electron chi connectivity index (χ2n) is 21.4. The molecule has 5 rings (SSSR count). The molecule has 0 aromatic rings. The van der Waals surface area contributed by atoms with Crippen LogP contribution in [0.25, 0.3) is 0 Å². The van der Waals surface area contributed by atoms with Crippen molar-refractivity contribution in [2.45, 2.75) is 228 Å². The highest BCUT2D eigenvalue weighted by atomic mass is 16.5. The summed E-state index contributed by atoms with van der Waals surface area (Å²) in [6, 6.07) is 0. The van der Waals surface area contributed by atoms with Gasteiger partial charge in [0.15, 0.2) is 0 Å². The van der Waals surface area contributed by atoms with Gasteiger partial charge in [-0.2, -0.15) is 0 Å². The molecule has 0 aromatic carbocycles. The molecule has 5 aliphatic carbocycles. The monoisotopic (exact) mass is 725 g/mol. The van der Waals surface area contributed by atoms with Gasteiger partial charge in [-0.05, 0) is 104 Å². The van der Waals surface area contributed by atoms with Gasteiger partial charge in [0.1, 0.15) is 6.10 Å². The SMILES string of the molecule is CCCCCCCCCCCCCCCCCC(=O)OC1CCC2(C)C(CCC3(C)C2CC=C2C4CC(C)(C)CCC4(CO)C(O)CC23C)C1(C)C. The molecule has 4 heteroatoms. The van der Waals surface area contributed by atoms with E-state index in [1.807, 2.05) is 0 Å². The normalized spacial score (nSPS) is 39.0. The Kier molecular flexibility index (Phi) is 13.9. The third kappa shape index (κ3) is 8.16. The first kappa shape index (κ1) is 42.3. The maximum Gasteiger partial charge on any atom is 0.306 e. The van der Waals surface area contributed by atoms with Crippen molar-refractivity contribution in [3.8, 4) is 0 Å². The Morgan fingerprint density at radius 3 is 1.88 bits per heavy atom. The minimum atomic E-state index is -0.460. The molecule has 4 saturated carbocycles. The van der Waals surface area contributed by atoms with Gasteiger partial charge in [-0.25, -0.2) is 0 Å². The molecule has 9 atom stereocenters. The standard InChI is InChI=1S/C48H84O4/c1-9-10-11-12-13-14-15-16-17-18-19-20-21-22-23-24-42(51)52-41-28-29-45(6)38(44(41,4)5)27-30-46(7)39(45)26-25-36-37-33-43(2,3)31-32-48(37,35-49)40(50)34-47(36,46)8/h25,37-41,49-50H,9-24,26-35H2,1-8H3. The third-order valence-electron chi connectivity index (χ3n) is 17.4. The predicted octanol–water partition coefficient (Wildman–Crippen LogP) is 12.9. The molecule has 300 valence electrons. The molecule has 9 unspecified atom stereocenters. The lowest BCUT2D eigenvalue weighted by molar-refractivity contribution is -0.223. The lowest BCUT2D eigenvalue weighted by Crippen LogP contribution is -2.67. The van der Waals surface area contributed by atoms with Gasteiger partial charge in [-0.1, -0.05) is 157 Å². The summed E-state index contributed by atoms with van der Waals surface area (Å²) < 4.78 is 6.40. The first-order valence-electron chi connectivity index (χ1n) is 22.8. The number of aliphatic hydroxyl groups is 2. The van der Waals surface area contributed by atoms with Crippen molar-refractivity contribution in [3.05, 3.63) is 11.6 Å². The summed E-state index contributed by atoms with van der Waals surface area (Å²) in [5.41, 5.74) is 1.55. The Bertz CT molecular complexity index is 1200. The number of esters is 1. The fourth-order valence-corrected chi connectivity index (χ4v) is 13.8. The second-order valence-corrected chi connectivity index (χ2v) is 21.4. The number of carbonyl (C=O) groups is 1. The second kappa shape index (κ2) is 17.1. The van der Waals surface area contributed by atoms with Crippen LogP contribution >= 0.6 is 0 Å². The Labute approximate surface area is 321 Å². The molecule has 0 radical (unpaired) electrons. The Morgan fingerprint density at radius 2 is 1.31 bits per heavy atom. The number of hydrogen-bond acceptors (Lipinski definition) is 4. The van der Waals surface area contributed by atoms with Gasteiger partial charge < -0.3 is 14.9 Å². The summed E-state index contributed by atoms with van der Waals surface area (Å²) in [4.78, 5) is 13.2. The molecule has 0 spiro atoms. The van der Waals surface area contributed by atoms with Crippen molar-refractivity contribution < 1.29 is 19.7 Å². The van der Waals surface area contributed by atoms with Crippen LogP contribution in [0.15, 0.2) is 11.6 Å². The Hall–Kier alpha value is -0.870. The Morgan fingerprint density at radius 1 is 0.731 bits per heavy atom. The lowest BCUT2D eigenvalue weighted by Gasteiger charge is -2.72. The number of allylic oxidation sites excluding steroid dienone is 2. The molecular weight excluding hydrogens is 641 g/mol. The van der Waals surface area contributed by atoms with Crippen LogP contribution in [0, 0.1) is 50.2 Å². The van der Waals surface area contributed by atoms with Crippen LogP contribution < -0.4 is 0 Å². The van der Waals surface area contributed by atoms with Gasteiger partial charge >= 0.3 is 5.97 Å². The van der Waals surface area contributed by atoms with Crippen LogP contribution in [0.4, 0.5) is 0 Å². The van der Waals surface area contributed by atoms with Gasteiger partial charge in [0.2, 0.25) is 0 Å². The molecule has 2 N–H and O–H groups in total. The van der Waals surface area contributed by atoms with Gasteiger partial charge in [-0.15, -0.1) is 0 Å². The minimum absolute atomic E-state index is 0.00445. The molecule has 0 amide bonds. The number of fused-ring (bicyclic) bond motifs is 7. The summed E-state index contributed by atoms with van der Waals surface area (Å²) in [6.45, 7) is 19.6. The summed E-state index contributed by atoms with van der Waals surface area (Å²) in [5, 5.41) is 22.8. The van der Waals surface area contributed by atoms with Gasteiger partial charge in [0.05, 0.1) is 12.7 Å². The number of carbonyl (C=O) groups excluding carboxylic acids is 1. The molecular formula is C48H84O4. The van der Waals surface area contributed by atoms with Gasteiger partial charge in [0.25, 0.3) is 0 Å².